The topological polar surface area (TPSA) is 72.6 Å². The van der Waals surface area contributed by atoms with Crippen molar-refractivity contribution in [3.8, 4) is 0 Å². The highest BCUT2D eigenvalue weighted by Crippen LogP contribution is 2.28. The molecule has 0 spiro atoms. The van der Waals surface area contributed by atoms with E-state index in [0.29, 0.717) is 31.1 Å². The maximum atomic E-state index is 13.4. The molecule has 6 heteroatoms. The molecule has 2 aromatic heterocycles. The molecule has 2 aliphatic heterocycles. The van der Waals surface area contributed by atoms with Crippen molar-refractivity contribution in [1.29, 1.82) is 0 Å². The fourth-order valence-electron chi connectivity index (χ4n) is 4.65. The minimum absolute atomic E-state index is 0.127. The van der Waals surface area contributed by atoms with Crippen molar-refractivity contribution in [2.45, 2.75) is 63.8 Å². The molecule has 2 saturated heterocycles. The number of hydrogen-bond acceptors (Lipinski definition) is 5. The van der Waals surface area contributed by atoms with Crippen molar-refractivity contribution in [3.63, 3.8) is 0 Å². The SMILES string of the molecule is Cc1cc(C2CCOCC2)oc(=O)c1C(=O)N1CCCCC1CCc1ccccn1. The minimum atomic E-state index is -0.504. The fourth-order valence-corrected chi connectivity index (χ4v) is 4.65. The Balaban J connectivity index is 1.52. The first kappa shape index (κ1) is 20.8. The number of aryl methyl sites for hydroxylation is 2. The van der Waals surface area contributed by atoms with Gasteiger partial charge >= 0.3 is 5.63 Å². The summed E-state index contributed by atoms with van der Waals surface area (Å²) in [5.74, 6) is 0.684. The maximum Gasteiger partial charge on any atom is 0.349 e. The Morgan fingerprint density at radius 2 is 2.03 bits per heavy atom. The average Bonchev–Trinajstić information content (AvgIpc) is 2.78. The van der Waals surface area contributed by atoms with Crippen molar-refractivity contribution in [2.75, 3.05) is 19.8 Å². The van der Waals surface area contributed by atoms with Crippen molar-refractivity contribution in [3.05, 3.63) is 63.5 Å². The summed E-state index contributed by atoms with van der Waals surface area (Å²) < 4.78 is 11.0. The number of amides is 1. The number of carbonyl (C=O) groups excluding carboxylic acids is 1. The molecule has 1 amide bonds. The van der Waals surface area contributed by atoms with Gasteiger partial charge in [0.15, 0.2) is 0 Å². The Morgan fingerprint density at radius 1 is 1.20 bits per heavy atom. The first-order chi connectivity index (χ1) is 14.6. The summed E-state index contributed by atoms with van der Waals surface area (Å²) in [5.41, 5.74) is 1.44. The molecular formula is C24H30N2O4. The number of piperidine rings is 1. The van der Waals surface area contributed by atoms with Crippen LogP contribution in [0.15, 0.2) is 39.7 Å². The third-order valence-corrected chi connectivity index (χ3v) is 6.35. The third kappa shape index (κ3) is 4.64. The molecule has 30 heavy (non-hydrogen) atoms. The predicted octanol–water partition coefficient (Wildman–Crippen LogP) is 3.86. The second-order valence-corrected chi connectivity index (χ2v) is 8.39. The van der Waals surface area contributed by atoms with E-state index in [1.165, 1.54) is 0 Å². The van der Waals surface area contributed by atoms with E-state index in [1.54, 1.807) is 6.20 Å². The van der Waals surface area contributed by atoms with Crippen LogP contribution in [-0.4, -0.2) is 41.6 Å². The Hall–Kier alpha value is -2.47. The lowest BCUT2D eigenvalue weighted by Gasteiger charge is -2.36. The van der Waals surface area contributed by atoms with Gasteiger partial charge in [0.2, 0.25) is 0 Å². The molecule has 1 unspecified atom stereocenters. The monoisotopic (exact) mass is 410 g/mol. The van der Waals surface area contributed by atoms with Gasteiger partial charge in [-0.25, -0.2) is 4.79 Å². The summed E-state index contributed by atoms with van der Waals surface area (Å²) >= 11 is 0. The van der Waals surface area contributed by atoms with Crippen molar-refractivity contribution in [1.82, 2.24) is 9.88 Å². The Morgan fingerprint density at radius 3 is 2.77 bits per heavy atom. The molecular weight excluding hydrogens is 380 g/mol. The first-order valence-electron chi connectivity index (χ1n) is 11.1. The second-order valence-electron chi connectivity index (χ2n) is 8.39. The van der Waals surface area contributed by atoms with Gasteiger partial charge in [-0.15, -0.1) is 0 Å². The molecule has 0 aromatic carbocycles. The van der Waals surface area contributed by atoms with Crippen LogP contribution in [-0.2, 0) is 11.2 Å². The van der Waals surface area contributed by atoms with Crippen LogP contribution >= 0.6 is 0 Å². The summed E-state index contributed by atoms with van der Waals surface area (Å²) in [6, 6.07) is 7.93. The fraction of sp³-hybridized carbons (Fsp3) is 0.542. The normalized spacial score (nSPS) is 20.3. The van der Waals surface area contributed by atoms with E-state index in [4.69, 9.17) is 9.15 Å². The molecule has 2 aliphatic rings. The van der Waals surface area contributed by atoms with Crippen molar-refractivity contribution in [2.24, 2.45) is 0 Å². The van der Waals surface area contributed by atoms with Gasteiger partial charge in [-0.2, -0.15) is 0 Å². The highest BCUT2D eigenvalue weighted by molar-refractivity contribution is 5.95. The van der Waals surface area contributed by atoms with Crippen LogP contribution in [0.1, 0.15) is 71.8 Å². The quantitative estimate of drug-likeness (QED) is 0.748. The summed E-state index contributed by atoms with van der Waals surface area (Å²) in [5, 5.41) is 0. The van der Waals surface area contributed by atoms with E-state index in [2.05, 4.69) is 4.98 Å². The molecule has 6 nitrogen and oxygen atoms in total. The number of carbonyl (C=O) groups is 1. The lowest BCUT2D eigenvalue weighted by atomic mass is 9.94. The Bertz CT molecular complexity index is 919. The van der Waals surface area contributed by atoms with Gasteiger partial charge in [-0.05, 0) is 75.6 Å². The zero-order chi connectivity index (χ0) is 20.9. The number of pyridine rings is 1. The molecule has 160 valence electrons. The average molecular weight is 411 g/mol. The molecule has 4 heterocycles. The molecule has 0 bridgehead atoms. The lowest BCUT2D eigenvalue weighted by Crippen LogP contribution is -2.45. The molecule has 4 rings (SSSR count). The molecule has 1 atom stereocenters. The van der Waals surface area contributed by atoms with E-state index < -0.39 is 5.63 Å². The second kappa shape index (κ2) is 9.56. The number of likely N-dealkylation sites (tertiary alicyclic amines) is 1. The van der Waals surface area contributed by atoms with Crippen LogP contribution in [0.25, 0.3) is 0 Å². The van der Waals surface area contributed by atoms with E-state index in [9.17, 15) is 9.59 Å². The van der Waals surface area contributed by atoms with Crippen LogP contribution in [0, 0.1) is 6.92 Å². The van der Waals surface area contributed by atoms with Crippen LogP contribution in [0.4, 0.5) is 0 Å². The summed E-state index contributed by atoms with van der Waals surface area (Å²) in [6.45, 7) is 3.89. The smallest absolute Gasteiger partial charge is 0.349 e. The number of rotatable bonds is 5. The molecule has 2 fully saturated rings. The number of aromatic nitrogens is 1. The molecule has 0 radical (unpaired) electrons. The van der Waals surface area contributed by atoms with Crippen molar-refractivity contribution >= 4 is 5.91 Å². The van der Waals surface area contributed by atoms with Gasteiger partial charge in [0.05, 0.1) is 0 Å². The lowest BCUT2D eigenvalue weighted by molar-refractivity contribution is 0.0593. The van der Waals surface area contributed by atoms with Gasteiger partial charge in [0.25, 0.3) is 5.91 Å². The summed E-state index contributed by atoms with van der Waals surface area (Å²) in [4.78, 5) is 32.5. The van der Waals surface area contributed by atoms with E-state index >= 15 is 0 Å². The van der Waals surface area contributed by atoms with Gasteiger partial charge in [-0.1, -0.05) is 6.07 Å². The van der Waals surface area contributed by atoms with Crippen LogP contribution in [0.2, 0.25) is 0 Å². The molecule has 0 N–H and O–H groups in total. The largest absolute Gasteiger partial charge is 0.427 e. The van der Waals surface area contributed by atoms with Gasteiger partial charge in [-0.3, -0.25) is 9.78 Å². The highest BCUT2D eigenvalue weighted by atomic mass is 16.5. The van der Waals surface area contributed by atoms with Crippen molar-refractivity contribution < 1.29 is 13.9 Å². The summed E-state index contributed by atoms with van der Waals surface area (Å²) in [6.07, 6.45) is 8.20. The first-order valence-corrected chi connectivity index (χ1v) is 11.1. The standard InChI is InChI=1S/C24H30N2O4/c1-17-16-21(18-10-14-29-15-11-18)30-24(28)22(17)23(27)26-13-5-3-7-20(26)9-8-19-6-2-4-12-25-19/h2,4,6,12,16,18,20H,3,5,7-11,13-15H2,1H3. The minimum Gasteiger partial charge on any atom is -0.427 e. The molecule has 0 aliphatic carbocycles. The zero-order valence-electron chi connectivity index (χ0n) is 17.6. The maximum absolute atomic E-state index is 13.4. The van der Waals surface area contributed by atoms with Gasteiger partial charge in [0.1, 0.15) is 11.3 Å². The van der Waals surface area contributed by atoms with E-state index in [1.807, 2.05) is 36.1 Å². The zero-order valence-corrected chi connectivity index (χ0v) is 17.6. The van der Waals surface area contributed by atoms with Crippen LogP contribution in [0.3, 0.4) is 0 Å². The Labute approximate surface area is 177 Å². The predicted molar refractivity (Wildman–Crippen MR) is 114 cm³/mol. The number of ether oxygens (including phenoxy) is 1. The van der Waals surface area contributed by atoms with E-state index in [0.717, 1.165) is 50.6 Å². The number of hydrogen-bond donors (Lipinski definition) is 0. The third-order valence-electron chi connectivity index (χ3n) is 6.35. The van der Waals surface area contributed by atoms with Gasteiger partial charge in [0, 0.05) is 43.6 Å². The number of nitrogens with zero attached hydrogens (tertiary/aromatic N) is 2. The molecule has 0 saturated carbocycles. The van der Waals surface area contributed by atoms with Crippen LogP contribution in [0.5, 0.6) is 0 Å². The highest BCUT2D eigenvalue weighted by Gasteiger charge is 2.31. The summed E-state index contributed by atoms with van der Waals surface area (Å²) in [7, 11) is 0. The van der Waals surface area contributed by atoms with Gasteiger partial charge < -0.3 is 14.1 Å². The van der Waals surface area contributed by atoms with Crippen LogP contribution < -0.4 is 5.63 Å². The molecule has 2 aromatic rings. The Kier molecular flexibility index (Phi) is 6.62. The van der Waals surface area contributed by atoms with E-state index in [-0.39, 0.29) is 23.4 Å².